The molecule has 24 heavy (non-hydrogen) atoms. The molecular weight excluding hydrogens is 337 g/mol. The lowest BCUT2D eigenvalue weighted by Crippen LogP contribution is -2.29. The first-order valence-corrected chi connectivity index (χ1v) is 10.4. The molecule has 0 aliphatic heterocycles. The highest BCUT2D eigenvalue weighted by Gasteiger charge is 2.34. The molecular formula is C18H18N3OPS. The summed E-state index contributed by atoms with van der Waals surface area (Å²) >= 11 is 1.44. The summed E-state index contributed by atoms with van der Waals surface area (Å²) in [5, 5.41) is 2.86. The van der Waals surface area contributed by atoms with E-state index in [4.69, 9.17) is 5.73 Å². The number of aryl methyl sites for hydroxylation is 1. The van der Waals surface area contributed by atoms with Crippen LogP contribution in [0.25, 0.3) is 0 Å². The van der Waals surface area contributed by atoms with E-state index >= 15 is 0 Å². The SMILES string of the molecule is CSc1nc(N)nc(C)c1P(=O)(c1ccccc1)c1ccccc1. The minimum absolute atomic E-state index is 0.202. The van der Waals surface area contributed by atoms with Crippen LogP contribution in [0.15, 0.2) is 65.7 Å². The highest BCUT2D eigenvalue weighted by molar-refractivity contribution is 7.99. The van der Waals surface area contributed by atoms with E-state index in [0.29, 0.717) is 16.0 Å². The minimum atomic E-state index is -3.09. The van der Waals surface area contributed by atoms with Gasteiger partial charge in [0.2, 0.25) is 5.95 Å². The lowest BCUT2D eigenvalue weighted by atomic mass is 10.4. The van der Waals surface area contributed by atoms with Gasteiger partial charge >= 0.3 is 0 Å². The van der Waals surface area contributed by atoms with Gasteiger partial charge in [-0.3, -0.25) is 0 Å². The van der Waals surface area contributed by atoms with Crippen LogP contribution < -0.4 is 21.6 Å². The molecule has 1 aromatic heterocycles. The number of anilines is 1. The van der Waals surface area contributed by atoms with Crippen LogP contribution in [0.5, 0.6) is 0 Å². The van der Waals surface area contributed by atoms with Crippen LogP contribution in [0.1, 0.15) is 5.69 Å². The van der Waals surface area contributed by atoms with Gasteiger partial charge in [-0.15, -0.1) is 11.8 Å². The zero-order valence-corrected chi connectivity index (χ0v) is 15.2. The molecule has 0 saturated heterocycles. The van der Waals surface area contributed by atoms with Gasteiger partial charge in [-0.25, -0.2) is 9.97 Å². The van der Waals surface area contributed by atoms with Gasteiger partial charge in [0.05, 0.1) is 11.0 Å². The van der Waals surface area contributed by atoms with Crippen molar-refractivity contribution in [2.75, 3.05) is 12.0 Å². The maximum absolute atomic E-state index is 14.4. The highest BCUT2D eigenvalue weighted by Crippen LogP contribution is 2.45. The summed E-state index contributed by atoms with van der Waals surface area (Å²) in [6.45, 7) is 1.84. The van der Waals surface area contributed by atoms with Gasteiger partial charge in [0.1, 0.15) is 5.03 Å². The van der Waals surface area contributed by atoms with E-state index in [-0.39, 0.29) is 5.95 Å². The molecule has 0 spiro atoms. The molecule has 2 aromatic carbocycles. The molecule has 0 aliphatic carbocycles. The predicted octanol–water partition coefficient (Wildman–Crippen LogP) is 2.73. The van der Waals surface area contributed by atoms with Crippen molar-refractivity contribution in [3.8, 4) is 0 Å². The van der Waals surface area contributed by atoms with Crippen molar-refractivity contribution in [2.45, 2.75) is 11.9 Å². The molecule has 1 heterocycles. The molecule has 3 aromatic rings. The first-order chi connectivity index (χ1) is 11.6. The number of nitrogen functional groups attached to an aromatic ring is 1. The number of aromatic nitrogens is 2. The maximum atomic E-state index is 14.4. The van der Waals surface area contributed by atoms with Gasteiger partial charge in [-0.05, 0) is 13.2 Å². The second kappa shape index (κ2) is 6.80. The highest BCUT2D eigenvalue weighted by atomic mass is 32.2. The summed E-state index contributed by atoms with van der Waals surface area (Å²) in [5.41, 5.74) is 6.45. The zero-order chi connectivity index (χ0) is 17.2. The molecule has 0 fully saturated rings. The number of nitrogens with two attached hydrogens (primary N) is 1. The van der Waals surface area contributed by atoms with Crippen LogP contribution in [0.3, 0.4) is 0 Å². The van der Waals surface area contributed by atoms with Gasteiger partial charge in [0, 0.05) is 10.6 Å². The molecule has 0 saturated carbocycles. The van der Waals surface area contributed by atoms with E-state index in [2.05, 4.69) is 9.97 Å². The summed E-state index contributed by atoms with van der Waals surface area (Å²) in [6.07, 6.45) is 1.91. The van der Waals surface area contributed by atoms with Crippen LogP contribution in [0, 0.1) is 6.92 Å². The third kappa shape index (κ3) is 2.85. The van der Waals surface area contributed by atoms with E-state index in [9.17, 15) is 4.57 Å². The molecule has 6 heteroatoms. The topological polar surface area (TPSA) is 68.9 Å². The van der Waals surface area contributed by atoms with Crippen molar-refractivity contribution in [1.82, 2.24) is 9.97 Å². The van der Waals surface area contributed by atoms with Crippen LogP contribution in [0.2, 0.25) is 0 Å². The monoisotopic (exact) mass is 355 g/mol. The van der Waals surface area contributed by atoms with Crippen molar-refractivity contribution in [2.24, 2.45) is 0 Å². The van der Waals surface area contributed by atoms with Crippen LogP contribution >= 0.6 is 18.9 Å². The second-order valence-corrected chi connectivity index (χ2v) is 8.80. The molecule has 0 atom stereocenters. The molecule has 122 valence electrons. The average molecular weight is 355 g/mol. The number of nitrogens with zero attached hydrogens (tertiary/aromatic N) is 2. The molecule has 2 N–H and O–H groups in total. The Hall–Kier alpha value is -2.10. The Labute approximate surface area is 145 Å². The van der Waals surface area contributed by atoms with E-state index in [0.717, 1.165) is 10.6 Å². The number of rotatable bonds is 4. The molecule has 0 bridgehead atoms. The third-order valence-corrected chi connectivity index (χ3v) is 7.84. The molecule has 4 nitrogen and oxygen atoms in total. The lowest BCUT2D eigenvalue weighted by Gasteiger charge is -2.23. The Bertz CT molecular complexity index is 857. The van der Waals surface area contributed by atoms with Crippen LogP contribution in [0.4, 0.5) is 5.95 Å². The predicted molar refractivity (Wildman–Crippen MR) is 102 cm³/mol. The molecule has 0 aliphatic rings. The van der Waals surface area contributed by atoms with Crippen LogP contribution in [-0.4, -0.2) is 16.2 Å². The summed E-state index contributed by atoms with van der Waals surface area (Å²) in [6, 6.07) is 19.0. The third-order valence-electron chi connectivity index (χ3n) is 3.79. The molecule has 0 amide bonds. The summed E-state index contributed by atoms with van der Waals surface area (Å²) in [4.78, 5) is 8.61. The number of benzene rings is 2. The molecule has 3 rings (SSSR count). The van der Waals surface area contributed by atoms with E-state index in [1.165, 1.54) is 11.8 Å². The first kappa shape index (κ1) is 16.7. The molecule has 0 radical (unpaired) electrons. The smallest absolute Gasteiger partial charge is 0.221 e. The van der Waals surface area contributed by atoms with Gasteiger partial charge in [0.15, 0.2) is 7.14 Å². The maximum Gasteiger partial charge on any atom is 0.221 e. The first-order valence-electron chi connectivity index (χ1n) is 7.47. The Kier molecular flexibility index (Phi) is 4.74. The summed E-state index contributed by atoms with van der Waals surface area (Å²) in [7, 11) is -3.09. The second-order valence-electron chi connectivity index (χ2n) is 5.31. The summed E-state index contributed by atoms with van der Waals surface area (Å²) < 4.78 is 14.4. The van der Waals surface area contributed by atoms with Crippen molar-refractivity contribution in [3.05, 3.63) is 66.4 Å². The van der Waals surface area contributed by atoms with Crippen molar-refractivity contribution >= 4 is 40.8 Å². The standard InChI is InChI=1S/C18H18N3OPS/c1-13-16(17(24-2)21-18(19)20-13)23(22,14-9-5-3-6-10-14)15-11-7-4-8-12-15/h3-12H,1-2H3,(H2,19,20,21). The number of hydrogen-bond donors (Lipinski definition) is 1. The zero-order valence-electron chi connectivity index (χ0n) is 13.5. The fourth-order valence-corrected chi connectivity index (χ4v) is 6.76. The van der Waals surface area contributed by atoms with Gasteiger partial charge in [0.25, 0.3) is 0 Å². The van der Waals surface area contributed by atoms with Gasteiger partial charge < -0.3 is 10.3 Å². The fraction of sp³-hybridized carbons (Fsp3) is 0.111. The molecule has 0 unspecified atom stereocenters. The van der Waals surface area contributed by atoms with E-state index in [1.54, 1.807) is 0 Å². The average Bonchev–Trinajstić information content (AvgIpc) is 2.62. The quantitative estimate of drug-likeness (QED) is 0.443. The number of thioether (sulfide) groups is 1. The van der Waals surface area contributed by atoms with Crippen molar-refractivity contribution < 1.29 is 4.57 Å². The Morgan fingerprint density at radius 2 is 1.42 bits per heavy atom. The van der Waals surface area contributed by atoms with Crippen molar-refractivity contribution in [1.29, 1.82) is 0 Å². The lowest BCUT2D eigenvalue weighted by molar-refractivity contribution is 0.592. The van der Waals surface area contributed by atoms with Gasteiger partial charge in [-0.1, -0.05) is 60.7 Å². The Morgan fingerprint density at radius 1 is 0.917 bits per heavy atom. The van der Waals surface area contributed by atoms with Crippen LogP contribution in [-0.2, 0) is 4.57 Å². The normalized spacial score (nSPS) is 11.4. The Morgan fingerprint density at radius 3 is 1.88 bits per heavy atom. The number of hydrogen-bond acceptors (Lipinski definition) is 5. The fourth-order valence-electron chi connectivity index (χ4n) is 2.75. The van der Waals surface area contributed by atoms with Crippen molar-refractivity contribution in [3.63, 3.8) is 0 Å². The van der Waals surface area contributed by atoms with E-state index < -0.39 is 7.14 Å². The summed E-state index contributed by atoms with van der Waals surface area (Å²) in [5.74, 6) is 0.202. The minimum Gasteiger partial charge on any atom is -0.368 e. The van der Waals surface area contributed by atoms with Gasteiger partial charge in [-0.2, -0.15) is 0 Å². The van der Waals surface area contributed by atoms with E-state index in [1.807, 2.05) is 73.8 Å². The largest absolute Gasteiger partial charge is 0.368 e. The Balaban J connectivity index is 2.39.